The molecule has 0 aliphatic carbocycles. The van der Waals surface area contributed by atoms with Crippen LogP contribution in [-0.2, 0) is 4.74 Å². The summed E-state index contributed by atoms with van der Waals surface area (Å²) in [7, 11) is 0. The average molecular weight is 261 g/mol. The predicted octanol–water partition coefficient (Wildman–Crippen LogP) is 2.57. The second-order valence-corrected chi connectivity index (χ2v) is 4.94. The molecule has 3 nitrogen and oxygen atoms in total. The Morgan fingerprint density at radius 3 is 2.68 bits per heavy atom. The quantitative estimate of drug-likeness (QED) is 0.760. The van der Waals surface area contributed by atoms with Gasteiger partial charge < -0.3 is 9.47 Å². The van der Waals surface area contributed by atoms with Gasteiger partial charge in [0.15, 0.2) is 0 Å². The van der Waals surface area contributed by atoms with E-state index in [1.54, 1.807) is 0 Å². The van der Waals surface area contributed by atoms with Crippen molar-refractivity contribution in [2.45, 2.75) is 13.8 Å². The molecular formula is C16H23NO2. The summed E-state index contributed by atoms with van der Waals surface area (Å²) in [4.78, 5) is 2.38. The molecule has 1 aromatic rings. The summed E-state index contributed by atoms with van der Waals surface area (Å²) in [6.45, 7) is 9.61. The van der Waals surface area contributed by atoms with Gasteiger partial charge in [0, 0.05) is 19.6 Å². The second-order valence-electron chi connectivity index (χ2n) is 4.94. The van der Waals surface area contributed by atoms with Gasteiger partial charge in [0.2, 0.25) is 0 Å². The molecule has 19 heavy (non-hydrogen) atoms. The molecule has 104 valence electrons. The number of benzene rings is 1. The van der Waals surface area contributed by atoms with Crippen LogP contribution in [0.2, 0.25) is 0 Å². The molecule has 0 bridgehead atoms. The van der Waals surface area contributed by atoms with Crippen LogP contribution in [-0.4, -0.2) is 44.4 Å². The van der Waals surface area contributed by atoms with Crippen LogP contribution < -0.4 is 4.74 Å². The van der Waals surface area contributed by atoms with Gasteiger partial charge in [-0.15, -0.1) is 0 Å². The van der Waals surface area contributed by atoms with Gasteiger partial charge in [0.1, 0.15) is 12.4 Å². The van der Waals surface area contributed by atoms with Gasteiger partial charge in [-0.05, 0) is 37.1 Å². The van der Waals surface area contributed by atoms with E-state index in [0.717, 1.165) is 38.6 Å². The fourth-order valence-electron chi connectivity index (χ4n) is 2.02. The van der Waals surface area contributed by atoms with Gasteiger partial charge in [-0.2, -0.15) is 0 Å². The maximum atomic E-state index is 5.70. The van der Waals surface area contributed by atoms with Crippen LogP contribution >= 0.6 is 0 Å². The molecule has 0 amide bonds. The van der Waals surface area contributed by atoms with E-state index in [0.29, 0.717) is 6.61 Å². The number of nitrogens with zero attached hydrogens (tertiary/aromatic N) is 1. The monoisotopic (exact) mass is 261 g/mol. The van der Waals surface area contributed by atoms with Crippen molar-refractivity contribution in [3.63, 3.8) is 0 Å². The predicted molar refractivity (Wildman–Crippen MR) is 77.8 cm³/mol. The molecule has 1 aliphatic rings. The first-order valence-corrected chi connectivity index (χ1v) is 6.91. The molecule has 1 saturated heterocycles. The van der Waals surface area contributed by atoms with Crippen LogP contribution in [0, 0.1) is 13.8 Å². The molecule has 0 spiro atoms. The van der Waals surface area contributed by atoms with Gasteiger partial charge in [0.05, 0.1) is 13.2 Å². The summed E-state index contributed by atoms with van der Waals surface area (Å²) in [5.74, 6) is 0.944. The van der Waals surface area contributed by atoms with E-state index < -0.39 is 0 Å². The van der Waals surface area contributed by atoms with Gasteiger partial charge in [0.25, 0.3) is 0 Å². The average Bonchev–Trinajstić information content (AvgIpc) is 2.43. The highest BCUT2D eigenvalue weighted by Crippen LogP contribution is 2.16. The van der Waals surface area contributed by atoms with Crippen molar-refractivity contribution in [1.29, 1.82) is 0 Å². The Morgan fingerprint density at radius 2 is 1.95 bits per heavy atom. The normalized spacial score (nSPS) is 16.9. The summed E-state index contributed by atoms with van der Waals surface area (Å²) >= 11 is 0. The topological polar surface area (TPSA) is 21.7 Å². The standard InChI is InChI=1S/C16H23NO2/c1-14-5-6-16(13-15(14)2)19-10-4-3-7-17-8-11-18-12-9-17/h3-6,13H,7-12H2,1-2H3. The smallest absolute Gasteiger partial charge is 0.120 e. The lowest BCUT2D eigenvalue weighted by atomic mass is 10.1. The molecule has 0 saturated carbocycles. The van der Waals surface area contributed by atoms with Crippen LogP contribution in [0.5, 0.6) is 5.75 Å². The van der Waals surface area contributed by atoms with Crippen molar-refractivity contribution in [1.82, 2.24) is 4.90 Å². The molecule has 1 heterocycles. The molecule has 0 unspecified atom stereocenters. The second kappa shape index (κ2) is 7.31. The Kier molecular flexibility index (Phi) is 5.43. The maximum Gasteiger partial charge on any atom is 0.120 e. The van der Waals surface area contributed by atoms with E-state index in [1.165, 1.54) is 11.1 Å². The molecule has 0 aromatic heterocycles. The van der Waals surface area contributed by atoms with Crippen molar-refractivity contribution in [3.05, 3.63) is 41.5 Å². The molecule has 3 heteroatoms. The number of rotatable bonds is 5. The molecule has 1 fully saturated rings. The number of morpholine rings is 1. The number of hydrogen-bond acceptors (Lipinski definition) is 3. The largest absolute Gasteiger partial charge is 0.490 e. The Morgan fingerprint density at radius 1 is 1.16 bits per heavy atom. The summed E-state index contributed by atoms with van der Waals surface area (Å²) in [6, 6.07) is 6.21. The van der Waals surface area contributed by atoms with Gasteiger partial charge in [-0.3, -0.25) is 4.90 Å². The fraction of sp³-hybridized carbons (Fsp3) is 0.500. The van der Waals surface area contributed by atoms with Gasteiger partial charge >= 0.3 is 0 Å². The molecule has 0 atom stereocenters. The summed E-state index contributed by atoms with van der Waals surface area (Å²) < 4.78 is 11.0. The summed E-state index contributed by atoms with van der Waals surface area (Å²) in [5.41, 5.74) is 2.57. The lowest BCUT2D eigenvalue weighted by molar-refractivity contribution is 0.0434. The van der Waals surface area contributed by atoms with Crippen LogP contribution in [0.4, 0.5) is 0 Å². The number of hydrogen-bond donors (Lipinski definition) is 0. The van der Waals surface area contributed by atoms with Crippen LogP contribution in [0.1, 0.15) is 11.1 Å². The van der Waals surface area contributed by atoms with E-state index >= 15 is 0 Å². The molecule has 1 aliphatic heterocycles. The fourth-order valence-corrected chi connectivity index (χ4v) is 2.02. The van der Waals surface area contributed by atoms with Crippen LogP contribution in [0.25, 0.3) is 0 Å². The summed E-state index contributed by atoms with van der Waals surface area (Å²) in [5, 5.41) is 0. The van der Waals surface area contributed by atoms with Crippen molar-refractivity contribution < 1.29 is 9.47 Å². The van der Waals surface area contributed by atoms with E-state index in [1.807, 2.05) is 6.07 Å². The SMILES string of the molecule is Cc1ccc(OCC=CCN2CCOCC2)cc1C. The first kappa shape index (κ1) is 14.1. The minimum atomic E-state index is 0.632. The third-order valence-corrected chi connectivity index (χ3v) is 3.46. The zero-order valence-electron chi connectivity index (χ0n) is 11.9. The third kappa shape index (κ3) is 4.69. The maximum absolute atomic E-state index is 5.70. The molecule has 0 N–H and O–H groups in total. The van der Waals surface area contributed by atoms with E-state index in [-0.39, 0.29) is 0 Å². The first-order valence-electron chi connectivity index (χ1n) is 6.91. The highest BCUT2D eigenvalue weighted by atomic mass is 16.5. The van der Waals surface area contributed by atoms with Gasteiger partial charge in [-0.25, -0.2) is 0 Å². The zero-order chi connectivity index (χ0) is 13.5. The van der Waals surface area contributed by atoms with Crippen molar-refractivity contribution in [2.24, 2.45) is 0 Å². The van der Waals surface area contributed by atoms with Crippen molar-refractivity contribution >= 4 is 0 Å². The van der Waals surface area contributed by atoms with Crippen molar-refractivity contribution in [2.75, 3.05) is 39.5 Å². The molecule has 0 radical (unpaired) electrons. The minimum Gasteiger partial charge on any atom is -0.490 e. The molecule has 1 aromatic carbocycles. The van der Waals surface area contributed by atoms with E-state index in [2.05, 4.69) is 43.0 Å². The first-order chi connectivity index (χ1) is 9.25. The third-order valence-electron chi connectivity index (χ3n) is 3.46. The Bertz CT molecular complexity index is 423. The van der Waals surface area contributed by atoms with Crippen LogP contribution in [0.3, 0.4) is 0 Å². The Hall–Kier alpha value is -1.32. The minimum absolute atomic E-state index is 0.632. The molecular weight excluding hydrogens is 238 g/mol. The Balaban J connectivity index is 1.69. The van der Waals surface area contributed by atoms with E-state index in [9.17, 15) is 0 Å². The molecule has 2 rings (SSSR count). The lowest BCUT2D eigenvalue weighted by Crippen LogP contribution is -2.36. The highest BCUT2D eigenvalue weighted by molar-refractivity contribution is 5.33. The van der Waals surface area contributed by atoms with Crippen LogP contribution in [0.15, 0.2) is 30.4 Å². The number of aryl methyl sites for hydroxylation is 2. The van der Waals surface area contributed by atoms with Crippen molar-refractivity contribution in [3.8, 4) is 5.75 Å². The number of ether oxygens (including phenoxy) is 2. The zero-order valence-corrected chi connectivity index (χ0v) is 11.9. The lowest BCUT2D eigenvalue weighted by Gasteiger charge is -2.25. The highest BCUT2D eigenvalue weighted by Gasteiger charge is 2.07. The Labute approximate surface area is 115 Å². The van der Waals surface area contributed by atoms with E-state index in [4.69, 9.17) is 9.47 Å². The summed E-state index contributed by atoms with van der Waals surface area (Å²) in [6.07, 6.45) is 4.26. The van der Waals surface area contributed by atoms with Gasteiger partial charge in [-0.1, -0.05) is 18.2 Å².